The minimum absolute atomic E-state index is 0.0113. The summed E-state index contributed by atoms with van der Waals surface area (Å²) in [6, 6.07) is 9.06. The van der Waals surface area contributed by atoms with E-state index in [9.17, 15) is 4.79 Å². The number of hydrogen-bond acceptors (Lipinski definition) is 3. The molecule has 0 heterocycles. The second kappa shape index (κ2) is 7.29. The number of anilines is 1. The van der Waals surface area contributed by atoms with Gasteiger partial charge in [0.05, 0.1) is 18.2 Å². The summed E-state index contributed by atoms with van der Waals surface area (Å²) in [5.41, 5.74) is 1.46. The van der Waals surface area contributed by atoms with Crippen molar-refractivity contribution in [2.24, 2.45) is 0 Å². The normalized spacial score (nSPS) is 9.41. The van der Waals surface area contributed by atoms with E-state index in [1.165, 1.54) is 0 Å². The first-order valence-electron chi connectivity index (χ1n) is 5.77. The quantitative estimate of drug-likeness (QED) is 0.735. The summed E-state index contributed by atoms with van der Waals surface area (Å²) in [6.45, 7) is 3.07. The van der Waals surface area contributed by atoms with Crippen molar-refractivity contribution in [1.29, 1.82) is 5.26 Å². The number of nitriles is 1. The van der Waals surface area contributed by atoms with Crippen LogP contribution in [0.1, 0.15) is 25.3 Å². The molecular formula is C13H17N3O. The number of carbonyl (C=O) groups excluding carboxylic acids is 1. The van der Waals surface area contributed by atoms with Crippen LogP contribution in [0.25, 0.3) is 0 Å². The summed E-state index contributed by atoms with van der Waals surface area (Å²) in [5, 5.41) is 14.5. The van der Waals surface area contributed by atoms with Crippen molar-refractivity contribution in [1.82, 2.24) is 5.32 Å². The van der Waals surface area contributed by atoms with Crippen molar-refractivity contribution in [2.75, 3.05) is 18.4 Å². The van der Waals surface area contributed by atoms with Gasteiger partial charge >= 0.3 is 0 Å². The highest BCUT2D eigenvalue weighted by atomic mass is 16.1. The molecule has 0 saturated carbocycles. The van der Waals surface area contributed by atoms with Gasteiger partial charge in [0, 0.05) is 12.2 Å². The second-order valence-electron chi connectivity index (χ2n) is 3.75. The van der Waals surface area contributed by atoms with Crippen LogP contribution in [0.3, 0.4) is 0 Å². The first-order valence-corrected chi connectivity index (χ1v) is 5.77. The maximum atomic E-state index is 11.4. The Bertz CT molecular complexity index is 392. The van der Waals surface area contributed by atoms with E-state index in [0.29, 0.717) is 5.56 Å². The molecule has 1 aromatic carbocycles. The minimum atomic E-state index is -0.0113. The number of carbonyl (C=O) groups is 1. The Morgan fingerprint density at radius 3 is 2.65 bits per heavy atom. The first kappa shape index (κ1) is 13.0. The van der Waals surface area contributed by atoms with E-state index in [1.807, 2.05) is 6.07 Å². The molecule has 90 valence electrons. The van der Waals surface area contributed by atoms with Crippen LogP contribution in [0.2, 0.25) is 0 Å². The Hall–Kier alpha value is -2.02. The van der Waals surface area contributed by atoms with E-state index in [0.717, 1.165) is 25.1 Å². The van der Waals surface area contributed by atoms with E-state index in [1.54, 1.807) is 24.3 Å². The number of unbranched alkanes of at least 4 members (excludes halogenated alkanes) is 1. The van der Waals surface area contributed by atoms with Gasteiger partial charge in [-0.1, -0.05) is 13.3 Å². The van der Waals surface area contributed by atoms with Crippen molar-refractivity contribution in [2.45, 2.75) is 19.8 Å². The highest BCUT2D eigenvalue weighted by Gasteiger charge is 1.99. The smallest absolute Gasteiger partial charge is 0.239 e. The maximum Gasteiger partial charge on any atom is 0.239 e. The monoisotopic (exact) mass is 231 g/mol. The van der Waals surface area contributed by atoms with Gasteiger partial charge in [-0.15, -0.1) is 0 Å². The number of benzene rings is 1. The van der Waals surface area contributed by atoms with Gasteiger partial charge in [0.1, 0.15) is 0 Å². The van der Waals surface area contributed by atoms with E-state index < -0.39 is 0 Å². The molecule has 1 amide bonds. The molecule has 0 unspecified atom stereocenters. The van der Waals surface area contributed by atoms with Gasteiger partial charge in [0.25, 0.3) is 0 Å². The molecule has 0 spiro atoms. The number of rotatable bonds is 6. The molecule has 4 nitrogen and oxygen atoms in total. The molecular weight excluding hydrogens is 214 g/mol. The van der Waals surface area contributed by atoms with Crippen LogP contribution in [0, 0.1) is 11.3 Å². The fourth-order valence-electron chi connectivity index (χ4n) is 1.31. The lowest BCUT2D eigenvalue weighted by Gasteiger charge is -2.07. The van der Waals surface area contributed by atoms with Crippen LogP contribution < -0.4 is 10.6 Å². The van der Waals surface area contributed by atoms with Crippen molar-refractivity contribution < 1.29 is 4.79 Å². The maximum absolute atomic E-state index is 11.4. The lowest BCUT2D eigenvalue weighted by atomic mass is 10.2. The lowest BCUT2D eigenvalue weighted by molar-refractivity contribution is -0.119. The molecule has 0 bridgehead atoms. The molecule has 0 aliphatic rings. The van der Waals surface area contributed by atoms with Crippen LogP contribution >= 0.6 is 0 Å². The third kappa shape index (κ3) is 5.03. The van der Waals surface area contributed by atoms with Crippen molar-refractivity contribution in [3.8, 4) is 6.07 Å². The highest BCUT2D eigenvalue weighted by Crippen LogP contribution is 2.07. The van der Waals surface area contributed by atoms with Crippen LogP contribution in [0.4, 0.5) is 5.69 Å². The molecule has 2 N–H and O–H groups in total. The van der Waals surface area contributed by atoms with Gasteiger partial charge in [-0.2, -0.15) is 5.26 Å². The van der Waals surface area contributed by atoms with Crippen LogP contribution in [0.15, 0.2) is 24.3 Å². The molecule has 0 aliphatic carbocycles. The summed E-state index contributed by atoms with van der Waals surface area (Å²) in [7, 11) is 0. The Balaban J connectivity index is 2.30. The first-order chi connectivity index (χ1) is 8.26. The van der Waals surface area contributed by atoms with Gasteiger partial charge in [0.2, 0.25) is 5.91 Å². The Morgan fingerprint density at radius 2 is 2.06 bits per heavy atom. The van der Waals surface area contributed by atoms with E-state index in [4.69, 9.17) is 5.26 Å². The zero-order chi connectivity index (χ0) is 12.5. The highest BCUT2D eigenvalue weighted by molar-refractivity contribution is 5.80. The Kier molecular flexibility index (Phi) is 5.59. The third-order valence-electron chi connectivity index (χ3n) is 2.32. The average molecular weight is 231 g/mol. The molecule has 1 rings (SSSR count). The van der Waals surface area contributed by atoms with Gasteiger partial charge < -0.3 is 10.6 Å². The number of hydrogen-bond donors (Lipinski definition) is 2. The molecule has 0 atom stereocenters. The fraction of sp³-hybridized carbons (Fsp3) is 0.385. The summed E-state index contributed by atoms with van der Waals surface area (Å²) in [4.78, 5) is 11.4. The van der Waals surface area contributed by atoms with Crippen molar-refractivity contribution in [3.05, 3.63) is 29.8 Å². The predicted molar refractivity (Wildman–Crippen MR) is 67.6 cm³/mol. The Labute approximate surface area is 102 Å². The van der Waals surface area contributed by atoms with Crippen molar-refractivity contribution >= 4 is 11.6 Å². The SMILES string of the molecule is CCCCNC(=O)CNc1ccc(C#N)cc1. The van der Waals surface area contributed by atoms with Crippen LogP contribution in [-0.4, -0.2) is 19.0 Å². The number of nitrogens with one attached hydrogen (secondary N) is 2. The summed E-state index contributed by atoms with van der Waals surface area (Å²) >= 11 is 0. The molecule has 0 aromatic heterocycles. The molecule has 0 radical (unpaired) electrons. The third-order valence-corrected chi connectivity index (χ3v) is 2.32. The summed E-state index contributed by atoms with van der Waals surface area (Å²) in [6.07, 6.45) is 2.08. The fourth-order valence-corrected chi connectivity index (χ4v) is 1.31. The standard InChI is InChI=1S/C13H17N3O/c1-2-3-8-15-13(17)10-16-12-6-4-11(9-14)5-7-12/h4-7,16H,2-3,8,10H2,1H3,(H,15,17). The van der Waals surface area contributed by atoms with E-state index in [-0.39, 0.29) is 12.5 Å². The molecule has 0 fully saturated rings. The predicted octanol–water partition coefficient (Wildman–Crippen LogP) is 1.89. The van der Waals surface area contributed by atoms with E-state index >= 15 is 0 Å². The molecule has 1 aromatic rings. The zero-order valence-electron chi connectivity index (χ0n) is 9.99. The average Bonchev–Trinajstić information content (AvgIpc) is 2.37. The number of nitrogens with zero attached hydrogens (tertiary/aromatic N) is 1. The zero-order valence-corrected chi connectivity index (χ0v) is 9.99. The minimum Gasteiger partial charge on any atom is -0.376 e. The summed E-state index contributed by atoms with van der Waals surface area (Å²) in [5.74, 6) is -0.0113. The molecule has 17 heavy (non-hydrogen) atoms. The van der Waals surface area contributed by atoms with Crippen LogP contribution in [-0.2, 0) is 4.79 Å². The van der Waals surface area contributed by atoms with Gasteiger partial charge in [-0.3, -0.25) is 4.79 Å². The van der Waals surface area contributed by atoms with Gasteiger partial charge in [-0.05, 0) is 30.7 Å². The summed E-state index contributed by atoms with van der Waals surface area (Å²) < 4.78 is 0. The largest absolute Gasteiger partial charge is 0.376 e. The lowest BCUT2D eigenvalue weighted by Crippen LogP contribution is -2.30. The second-order valence-corrected chi connectivity index (χ2v) is 3.75. The Morgan fingerprint density at radius 1 is 1.35 bits per heavy atom. The van der Waals surface area contributed by atoms with Crippen molar-refractivity contribution in [3.63, 3.8) is 0 Å². The van der Waals surface area contributed by atoms with E-state index in [2.05, 4.69) is 17.6 Å². The molecule has 0 saturated heterocycles. The number of amides is 1. The van der Waals surface area contributed by atoms with Gasteiger partial charge in [-0.25, -0.2) is 0 Å². The molecule has 4 heteroatoms. The van der Waals surface area contributed by atoms with Crippen LogP contribution in [0.5, 0.6) is 0 Å². The topological polar surface area (TPSA) is 64.9 Å². The molecule has 0 aliphatic heterocycles. The van der Waals surface area contributed by atoms with Gasteiger partial charge in [0.15, 0.2) is 0 Å².